The fourth-order valence-corrected chi connectivity index (χ4v) is 7.26. The largest absolute Gasteiger partial charge is 0.496 e. The summed E-state index contributed by atoms with van der Waals surface area (Å²) in [5.74, 6) is -0.143. The van der Waals surface area contributed by atoms with E-state index >= 15 is 4.39 Å². The van der Waals surface area contributed by atoms with E-state index in [0.717, 1.165) is 5.13 Å². The van der Waals surface area contributed by atoms with Gasteiger partial charge in [-0.2, -0.15) is 0 Å². The first-order valence-corrected chi connectivity index (χ1v) is 18.2. The first kappa shape index (κ1) is 37.6. The predicted octanol–water partition coefficient (Wildman–Crippen LogP) is 8.06. The van der Waals surface area contributed by atoms with Crippen LogP contribution in [0.3, 0.4) is 0 Å². The summed E-state index contributed by atoms with van der Waals surface area (Å²) < 4.78 is 45.1. The van der Waals surface area contributed by atoms with E-state index in [1.54, 1.807) is 17.0 Å². The van der Waals surface area contributed by atoms with Crippen LogP contribution in [0.25, 0.3) is 11.3 Å². The van der Waals surface area contributed by atoms with E-state index in [0.29, 0.717) is 83.6 Å². The average molecular weight is 732 g/mol. The van der Waals surface area contributed by atoms with Crippen LogP contribution in [0.4, 0.5) is 14.3 Å². The van der Waals surface area contributed by atoms with Gasteiger partial charge in [0.2, 0.25) is 0 Å². The summed E-state index contributed by atoms with van der Waals surface area (Å²) in [6, 6.07) is 7.02. The maximum absolute atomic E-state index is 16.0. The van der Waals surface area contributed by atoms with E-state index < -0.39 is 23.1 Å². The molecule has 13 heteroatoms. The van der Waals surface area contributed by atoms with Gasteiger partial charge in [-0.05, 0) is 85.1 Å². The van der Waals surface area contributed by atoms with Gasteiger partial charge in [-0.25, -0.2) is 14.2 Å². The number of rotatable bonds is 9. The van der Waals surface area contributed by atoms with E-state index in [2.05, 4.69) is 4.90 Å². The third-order valence-corrected chi connectivity index (χ3v) is 9.59. The van der Waals surface area contributed by atoms with E-state index in [1.807, 2.05) is 66.0 Å². The van der Waals surface area contributed by atoms with E-state index in [4.69, 9.17) is 40.3 Å². The van der Waals surface area contributed by atoms with Crippen LogP contribution >= 0.6 is 22.9 Å². The highest BCUT2D eigenvalue weighted by Crippen LogP contribution is 2.40. The Bertz CT molecular complexity index is 1700. The summed E-state index contributed by atoms with van der Waals surface area (Å²) >= 11 is 8.14. The number of esters is 1. The molecule has 1 saturated heterocycles. The summed E-state index contributed by atoms with van der Waals surface area (Å²) in [6.07, 6.45) is 0.108. The number of carbonyl (C=O) groups is 2. The minimum Gasteiger partial charge on any atom is -0.496 e. The van der Waals surface area contributed by atoms with Crippen LogP contribution in [0.1, 0.15) is 71.6 Å². The number of benzene rings is 2. The Morgan fingerprint density at radius 2 is 1.82 bits per heavy atom. The van der Waals surface area contributed by atoms with Gasteiger partial charge in [0.1, 0.15) is 35.1 Å². The molecular formula is C37H47ClFN3O7S. The Morgan fingerprint density at radius 3 is 2.50 bits per heavy atom. The fourth-order valence-electron chi connectivity index (χ4n) is 6.16. The summed E-state index contributed by atoms with van der Waals surface area (Å²) in [4.78, 5) is 34.3. The molecule has 2 aliphatic heterocycles. The molecule has 0 unspecified atom stereocenters. The quantitative estimate of drug-likeness (QED) is 0.203. The Balaban J connectivity index is 1.33. The Morgan fingerprint density at radius 1 is 1.08 bits per heavy atom. The van der Waals surface area contributed by atoms with Crippen molar-refractivity contribution in [3.8, 4) is 22.8 Å². The molecule has 0 saturated carbocycles. The lowest BCUT2D eigenvalue weighted by atomic mass is 9.93. The first-order valence-electron chi connectivity index (χ1n) is 16.9. The smallest absolute Gasteiger partial charge is 0.410 e. The lowest BCUT2D eigenvalue weighted by Crippen LogP contribution is -2.49. The SMILES string of the molecule is CCO[C@H]1CN(c2nc(-c3cccc(Cl)c3OCc3cc(OC)c4c(c3F)CCN(C(=O)OC(C)(C)C)C4)cs2)CC[C@H]1C(=O)OC(C)(C)C. The molecule has 1 aromatic heterocycles. The monoisotopic (exact) mass is 731 g/mol. The van der Waals surface area contributed by atoms with Gasteiger partial charge in [0.05, 0.1) is 36.4 Å². The molecule has 5 rings (SSSR count). The van der Waals surface area contributed by atoms with Crippen LogP contribution in [0.5, 0.6) is 11.5 Å². The van der Waals surface area contributed by atoms with Gasteiger partial charge in [0.25, 0.3) is 0 Å². The molecule has 1 amide bonds. The van der Waals surface area contributed by atoms with Crippen molar-refractivity contribution in [2.75, 3.05) is 38.3 Å². The molecule has 0 N–H and O–H groups in total. The highest BCUT2D eigenvalue weighted by molar-refractivity contribution is 7.14. The number of methoxy groups -OCH3 is 1. The molecule has 2 aromatic carbocycles. The summed E-state index contributed by atoms with van der Waals surface area (Å²) in [5, 5.41) is 3.08. The van der Waals surface area contributed by atoms with Crippen molar-refractivity contribution in [1.29, 1.82) is 0 Å². The highest BCUT2D eigenvalue weighted by Gasteiger charge is 2.38. The number of hydrogen-bond donors (Lipinski definition) is 0. The zero-order chi connectivity index (χ0) is 36.4. The number of nitrogens with zero attached hydrogens (tertiary/aromatic N) is 3. The standard InChI is InChI=1S/C37H47ClFN3O7S/c1-9-46-30-19-41(15-14-25(30)33(43)48-36(2,3)4)34-40-28(21-50-34)24-11-10-12-27(38)32(24)47-20-22-17-29(45-8)26-18-42(16-13-23(26)31(22)39)35(44)49-37(5,6)7/h10-12,17,21,25,30H,9,13-16,18-20H2,1-8H3/t25-,30+/m1/s1. The van der Waals surface area contributed by atoms with Gasteiger partial charge in [-0.3, -0.25) is 4.79 Å². The van der Waals surface area contributed by atoms with Gasteiger partial charge in [-0.15, -0.1) is 11.3 Å². The number of amides is 1. The third-order valence-electron chi connectivity index (χ3n) is 8.39. The van der Waals surface area contributed by atoms with Gasteiger partial charge in [0, 0.05) is 48.3 Å². The second-order valence-electron chi connectivity index (χ2n) is 14.4. The van der Waals surface area contributed by atoms with Crippen molar-refractivity contribution >= 4 is 40.1 Å². The number of ether oxygens (including phenoxy) is 5. The van der Waals surface area contributed by atoms with Gasteiger partial charge in [0.15, 0.2) is 5.13 Å². The Labute approximate surface area is 302 Å². The zero-order valence-electron chi connectivity index (χ0n) is 30.1. The molecule has 0 spiro atoms. The van der Waals surface area contributed by atoms with Crippen molar-refractivity contribution in [3.05, 3.63) is 57.2 Å². The van der Waals surface area contributed by atoms with Crippen molar-refractivity contribution in [3.63, 3.8) is 0 Å². The van der Waals surface area contributed by atoms with E-state index in [-0.39, 0.29) is 31.1 Å². The van der Waals surface area contributed by atoms with Crippen LogP contribution < -0.4 is 14.4 Å². The predicted molar refractivity (Wildman–Crippen MR) is 192 cm³/mol. The molecule has 3 aromatic rings. The van der Waals surface area contributed by atoms with Gasteiger partial charge in [-0.1, -0.05) is 17.7 Å². The number of carbonyl (C=O) groups excluding carboxylic acids is 2. The van der Waals surface area contributed by atoms with Crippen molar-refractivity contribution in [1.82, 2.24) is 9.88 Å². The topological polar surface area (TPSA) is 99.7 Å². The number of hydrogen-bond acceptors (Lipinski definition) is 10. The van der Waals surface area contributed by atoms with Crippen molar-refractivity contribution in [2.24, 2.45) is 5.92 Å². The number of anilines is 1. The maximum Gasteiger partial charge on any atom is 0.410 e. The molecule has 0 bridgehead atoms. The zero-order valence-corrected chi connectivity index (χ0v) is 31.6. The minimum atomic E-state index is -0.640. The first-order chi connectivity index (χ1) is 23.6. The summed E-state index contributed by atoms with van der Waals surface area (Å²) in [5.41, 5.74) is 1.53. The normalized spacial score (nSPS) is 18.0. The molecule has 2 aliphatic rings. The van der Waals surface area contributed by atoms with Crippen LogP contribution in [0.15, 0.2) is 29.6 Å². The fraction of sp³-hybridized carbons (Fsp3) is 0.541. The number of thiazole rings is 1. The molecule has 50 heavy (non-hydrogen) atoms. The molecule has 2 atom stereocenters. The minimum absolute atomic E-state index is 0.104. The van der Waals surface area contributed by atoms with Crippen LogP contribution in [-0.2, 0) is 38.6 Å². The van der Waals surface area contributed by atoms with Crippen molar-refractivity contribution in [2.45, 2.75) is 91.8 Å². The molecular weight excluding hydrogens is 685 g/mol. The van der Waals surface area contributed by atoms with Gasteiger partial charge >= 0.3 is 12.1 Å². The summed E-state index contributed by atoms with van der Waals surface area (Å²) in [7, 11) is 1.52. The second-order valence-corrected chi connectivity index (χ2v) is 15.7. The molecule has 272 valence electrons. The van der Waals surface area contributed by atoms with E-state index in [9.17, 15) is 9.59 Å². The number of aromatic nitrogens is 1. The Kier molecular flexibility index (Phi) is 11.5. The highest BCUT2D eigenvalue weighted by atomic mass is 35.5. The molecule has 1 fully saturated rings. The lowest BCUT2D eigenvalue weighted by Gasteiger charge is -2.38. The molecule has 0 aliphatic carbocycles. The molecule has 0 radical (unpaired) electrons. The van der Waals surface area contributed by atoms with E-state index in [1.165, 1.54) is 18.4 Å². The van der Waals surface area contributed by atoms with Crippen LogP contribution in [-0.4, -0.2) is 72.6 Å². The van der Waals surface area contributed by atoms with Crippen molar-refractivity contribution < 1.29 is 37.7 Å². The number of piperidine rings is 1. The van der Waals surface area contributed by atoms with Crippen LogP contribution in [0.2, 0.25) is 5.02 Å². The number of halogens is 2. The Hall–Kier alpha value is -3.61. The third kappa shape index (κ3) is 8.81. The molecule has 3 heterocycles. The van der Waals surface area contributed by atoms with Gasteiger partial charge < -0.3 is 33.5 Å². The lowest BCUT2D eigenvalue weighted by molar-refractivity contribution is -0.166. The number of fused-ring (bicyclic) bond motifs is 1. The number of para-hydroxylation sites is 1. The maximum atomic E-state index is 16.0. The summed E-state index contributed by atoms with van der Waals surface area (Å²) in [6.45, 7) is 14.9. The second kappa shape index (κ2) is 15.3. The van der Waals surface area contributed by atoms with Crippen LogP contribution in [0, 0.1) is 11.7 Å². The molecule has 10 nitrogen and oxygen atoms in total. The average Bonchev–Trinajstić information content (AvgIpc) is 3.53.